The highest BCUT2D eigenvalue weighted by atomic mass is 35.5. The van der Waals surface area contributed by atoms with Gasteiger partial charge in [0.25, 0.3) is 0 Å². The molecule has 0 bridgehead atoms. The van der Waals surface area contributed by atoms with Crippen LogP contribution in [0.4, 0.5) is 4.39 Å². The number of halogens is 2. The number of hydrogen-bond acceptors (Lipinski definition) is 2. The van der Waals surface area contributed by atoms with Crippen molar-refractivity contribution in [3.63, 3.8) is 0 Å². The van der Waals surface area contributed by atoms with Gasteiger partial charge in [0.15, 0.2) is 0 Å². The van der Waals surface area contributed by atoms with Crippen molar-refractivity contribution in [2.24, 2.45) is 0 Å². The molecular formula is C15H20ClFN2. The minimum atomic E-state index is -0.257. The fourth-order valence-electron chi connectivity index (χ4n) is 2.88. The molecule has 1 saturated heterocycles. The van der Waals surface area contributed by atoms with Gasteiger partial charge in [0.05, 0.1) is 0 Å². The molecule has 1 aliphatic carbocycles. The monoisotopic (exact) mass is 282 g/mol. The third-order valence-electron chi connectivity index (χ3n) is 4.11. The second-order valence-corrected chi connectivity index (χ2v) is 6.14. The van der Waals surface area contributed by atoms with Crippen LogP contribution < -0.4 is 5.32 Å². The topological polar surface area (TPSA) is 15.3 Å². The van der Waals surface area contributed by atoms with Gasteiger partial charge in [-0.05, 0) is 62.5 Å². The second-order valence-electron chi connectivity index (χ2n) is 5.70. The summed E-state index contributed by atoms with van der Waals surface area (Å²) in [6.45, 7) is 3.10. The fourth-order valence-corrected chi connectivity index (χ4v) is 3.13. The van der Waals surface area contributed by atoms with Gasteiger partial charge in [-0.2, -0.15) is 0 Å². The van der Waals surface area contributed by atoms with Crippen LogP contribution in [0.5, 0.6) is 0 Å². The van der Waals surface area contributed by atoms with Gasteiger partial charge in [-0.25, -0.2) is 4.39 Å². The molecule has 1 saturated carbocycles. The molecular weight excluding hydrogens is 263 g/mol. The van der Waals surface area contributed by atoms with Crippen molar-refractivity contribution < 1.29 is 4.39 Å². The van der Waals surface area contributed by atoms with Crippen LogP contribution in [0, 0.1) is 5.82 Å². The van der Waals surface area contributed by atoms with Crippen molar-refractivity contribution in [1.82, 2.24) is 10.2 Å². The maximum absolute atomic E-state index is 13.2. The van der Waals surface area contributed by atoms with Crippen LogP contribution in [0.1, 0.15) is 31.2 Å². The quantitative estimate of drug-likeness (QED) is 0.912. The zero-order valence-corrected chi connectivity index (χ0v) is 11.8. The van der Waals surface area contributed by atoms with E-state index in [9.17, 15) is 4.39 Å². The molecule has 3 rings (SSSR count). The Hall–Kier alpha value is -0.640. The van der Waals surface area contributed by atoms with Crippen molar-refractivity contribution in [1.29, 1.82) is 0 Å². The zero-order chi connectivity index (χ0) is 13.2. The summed E-state index contributed by atoms with van der Waals surface area (Å²) >= 11 is 5.86. The summed E-state index contributed by atoms with van der Waals surface area (Å²) in [6.07, 6.45) is 5.17. The number of hydrogen-bond donors (Lipinski definition) is 1. The number of rotatable bonds is 4. The van der Waals surface area contributed by atoms with E-state index < -0.39 is 0 Å². The minimum Gasteiger partial charge on any atom is -0.310 e. The Morgan fingerprint density at radius 1 is 1.16 bits per heavy atom. The SMILES string of the molecule is Fc1cc(Cl)cc(CNC2CCN(C3CC3)CC2)c1. The van der Waals surface area contributed by atoms with Gasteiger partial charge in [0, 0.05) is 23.7 Å². The highest BCUT2D eigenvalue weighted by Gasteiger charge is 2.31. The maximum atomic E-state index is 13.2. The van der Waals surface area contributed by atoms with Crippen LogP contribution in [0.2, 0.25) is 5.02 Å². The predicted octanol–water partition coefficient (Wildman–Crippen LogP) is 3.20. The first-order valence-corrected chi connectivity index (χ1v) is 7.51. The van der Waals surface area contributed by atoms with E-state index in [2.05, 4.69) is 10.2 Å². The van der Waals surface area contributed by atoms with Gasteiger partial charge in [-0.15, -0.1) is 0 Å². The molecule has 0 unspecified atom stereocenters. The van der Waals surface area contributed by atoms with Crippen LogP contribution in [0.15, 0.2) is 18.2 Å². The average molecular weight is 283 g/mol. The third kappa shape index (κ3) is 3.68. The molecule has 0 atom stereocenters. The summed E-state index contributed by atoms with van der Waals surface area (Å²) in [6, 6.07) is 6.16. The first kappa shape index (κ1) is 13.3. The normalized spacial score (nSPS) is 21.8. The summed E-state index contributed by atoms with van der Waals surface area (Å²) < 4.78 is 13.2. The molecule has 1 aliphatic heterocycles. The Balaban J connectivity index is 1.47. The Bertz CT molecular complexity index is 420. The van der Waals surface area contributed by atoms with Crippen LogP contribution in [-0.4, -0.2) is 30.1 Å². The van der Waals surface area contributed by atoms with Crippen molar-refractivity contribution >= 4 is 11.6 Å². The molecule has 1 aromatic carbocycles. The number of likely N-dealkylation sites (tertiary alicyclic amines) is 1. The smallest absolute Gasteiger partial charge is 0.125 e. The Kier molecular flexibility index (Phi) is 4.06. The average Bonchev–Trinajstić information content (AvgIpc) is 3.20. The van der Waals surface area contributed by atoms with E-state index in [0.29, 0.717) is 17.6 Å². The predicted molar refractivity (Wildman–Crippen MR) is 75.9 cm³/mol. The first-order valence-electron chi connectivity index (χ1n) is 7.13. The molecule has 4 heteroatoms. The van der Waals surface area contributed by atoms with Gasteiger partial charge in [-0.1, -0.05) is 11.6 Å². The lowest BCUT2D eigenvalue weighted by Gasteiger charge is -2.32. The van der Waals surface area contributed by atoms with Crippen molar-refractivity contribution in [3.8, 4) is 0 Å². The van der Waals surface area contributed by atoms with Crippen molar-refractivity contribution in [2.75, 3.05) is 13.1 Å². The molecule has 2 fully saturated rings. The Morgan fingerprint density at radius 3 is 2.53 bits per heavy atom. The van der Waals surface area contributed by atoms with E-state index in [0.717, 1.165) is 11.6 Å². The van der Waals surface area contributed by atoms with E-state index in [1.165, 1.54) is 44.8 Å². The molecule has 0 aromatic heterocycles. The highest BCUT2D eigenvalue weighted by molar-refractivity contribution is 6.30. The molecule has 1 N–H and O–H groups in total. The second kappa shape index (κ2) is 5.78. The van der Waals surface area contributed by atoms with Crippen LogP contribution in [0.25, 0.3) is 0 Å². The van der Waals surface area contributed by atoms with Crippen LogP contribution >= 0.6 is 11.6 Å². The Morgan fingerprint density at radius 2 is 1.89 bits per heavy atom. The molecule has 2 aliphatic rings. The van der Waals surface area contributed by atoms with E-state index in [4.69, 9.17) is 11.6 Å². The lowest BCUT2D eigenvalue weighted by molar-refractivity contribution is 0.189. The summed E-state index contributed by atoms with van der Waals surface area (Å²) in [5.41, 5.74) is 0.926. The van der Waals surface area contributed by atoms with Gasteiger partial charge in [0.2, 0.25) is 0 Å². The molecule has 1 aromatic rings. The van der Waals surface area contributed by atoms with E-state index in [-0.39, 0.29) is 5.82 Å². The van der Waals surface area contributed by atoms with Crippen LogP contribution in [-0.2, 0) is 6.54 Å². The molecule has 19 heavy (non-hydrogen) atoms. The van der Waals surface area contributed by atoms with E-state index in [1.54, 1.807) is 6.07 Å². The summed E-state index contributed by atoms with van der Waals surface area (Å²) in [4.78, 5) is 2.61. The molecule has 0 amide bonds. The molecule has 0 radical (unpaired) electrons. The van der Waals surface area contributed by atoms with E-state index in [1.807, 2.05) is 6.07 Å². The largest absolute Gasteiger partial charge is 0.310 e. The number of nitrogens with one attached hydrogen (secondary N) is 1. The number of benzene rings is 1. The lowest BCUT2D eigenvalue weighted by atomic mass is 10.0. The summed E-state index contributed by atoms with van der Waals surface area (Å²) in [7, 11) is 0. The number of nitrogens with zero attached hydrogens (tertiary/aromatic N) is 1. The van der Waals surface area contributed by atoms with Gasteiger partial charge in [0.1, 0.15) is 5.82 Å². The molecule has 104 valence electrons. The fraction of sp³-hybridized carbons (Fsp3) is 0.600. The highest BCUT2D eigenvalue weighted by Crippen LogP contribution is 2.29. The Labute approximate surface area is 118 Å². The summed E-state index contributed by atoms with van der Waals surface area (Å²) in [5.74, 6) is -0.257. The van der Waals surface area contributed by atoms with Gasteiger partial charge in [-0.3, -0.25) is 0 Å². The van der Waals surface area contributed by atoms with E-state index >= 15 is 0 Å². The number of piperidine rings is 1. The van der Waals surface area contributed by atoms with Gasteiger partial charge >= 0.3 is 0 Å². The van der Waals surface area contributed by atoms with Crippen molar-refractivity contribution in [3.05, 3.63) is 34.6 Å². The maximum Gasteiger partial charge on any atom is 0.125 e. The summed E-state index contributed by atoms with van der Waals surface area (Å²) in [5, 5.41) is 3.99. The van der Waals surface area contributed by atoms with Crippen molar-refractivity contribution in [2.45, 2.75) is 44.3 Å². The van der Waals surface area contributed by atoms with Crippen LogP contribution in [0.3, 0.4) is 0 Å². The molecule has 2 nitrogen and oxygen atoms in total. The third-order valence-corrected chi connectivity index (χ3v) is 4.33. The minimum absolute atomic E-state index is 0.257. The first-order chi connectivity index (χ1) is 9.20. The zero-order valence-electron chi connectivity index (χ0n) is 11.0. The van der Waals surface area contributed by atoms with Gasteiger partial charge < -0.3 is 10.2 Å². The molecule has 1 heterocycles. The lowest BCUT2D eigenvalue weighted by Crippen LogP contribution is -2.43. The standard InChI is InChI=1S/C15H20ClFN2/c16-12-7-11(8-13(17)9-12)10-18-14-3-5-19(6-4-14)15-1-2-15/h7-9,14-15,18H,1-6,10H2. The molecule has 0 spiro atoms.